The van der Waals surface area contributed by atoms with Gasteiger partial charge in [0.25, 0.3) is 0 Å². The van der Waals surface area contributed by atoms with Gasteiger partial charge in [0.15, 0.2) is 0 Å². The Bertz CT molecular complexity index is 377. The molecule has 2 nitrogen and oxygen atoms in total. The highest BCUT2D eigenvalue weighted by Gasteiger charge is 2.14. The lowest BCUT2D eigenvalue weighted by Crippen LogP contribution is -2.27. The van der Waals surface area contributed by atoms with E-state index in [1.807, 2.05) is 42.1 Å². The van der Waals surface area contributed by atoms with Crippen LogP contribution in [0.15, 0.2) is 35.2 Å². The maximum absolute atomic E-state index is 11.7. The van der Waals surface area contributed by atoms with Crippen molar-refractivity contribution >= 4 is 29.4 Å². The normalized spacial score (nSPS) is 15.6. The zero-order valence-electron chi connectivity index (χ0n) is 11.1. The molecule has 4 heteroatoms. The van der Waals surface area contributed by atoms with Crippen molar-refractivity contribution in [1.82, 2.24) is 5.32 Å². The number of carbonyl (C=O) groups is 1. The Morgan fingerprint density at radius 3 is 2.68 bits per heavy atom. The zero-order chi connectivity index (χ0) is 13.3. The van der Waals surface area contributed by atoms with Crippen LogP contribution < -0.4 is 5.32 Å². The summed E-state index contributed by atoms with van der Waals surface area (Å²) in [6.45, 7) is 0.801. The standard InChI is InChI=1S/C15H21NOS2/c17-15(12-19-14-6-2-1-3-7-14)16-10-11-18-13-8-4-5-9-13/h1-3,6-7,13H,4-5,8-12H2,(H,16,17). The number of hydrogen-bond donors (Lipinski definition) is 1. The van der Waals surface area contributed by atoms with Crippen LogP contribution in [0, 0.1) is 0 Å². The Hall–Kier alpha value is -0.610. The van der Waals surface area contributed by atoms with Gasteiger partial charge in [0.2, 0.25) is 5.91 Å². The number of rotatable bonds is 7. The lowest BCUT2D eigenvalue weighted by atomic mass is 10.4. The number of hydrogen-bond acceptors (Lipinski definition) is 3. The van der Waals surface area contributed by atoms with Gasteiger partial charge in [-0.2, -0.15) is 11.8 Å². The van der Waals surface area contributed by atoms with Gasteiger partial charge in [0, 0.05) is 22.4 Å². The second kappa shape index (κ2) is 8.54. The molecule has 0 heterocycles. The van der Waals surface area contributed by atoms with Gasteiger partial charge in [0.05, 0.1) is 5.75 Å². The summed E-state index contributed by atoms with van der Waals surface area (Å²) < 4.78 is 0. The summed E-state index contributed by atoms with van der Waals surface area (Å²) >= 11 is 3.61. The smallest absolute Gasteiger partial charge is 0.230 e. The van der Waals surface area contributed by atoms with Gasteiger partial charge in [-0.3, -0.25) is 4.79 Å². The summed E-state index contributed by atoms with van der Waals surface area (Å²) in [5, 5.41) is 3.84. The van der Waals surface area contributed by atoms with Crippen molar-refractivity contribution in [3.63, 3.8) is 0 Å². The Labute approximate surface area is 124 Å². The van der Waals surface area contributed by atoms with Crippen molar-refractivity contribution in [2.24, 2.45) is 0 Å². The number of benzene rings is 1. The van der Waals surface area contributed by atoms with Gasteiger partial charge < -0.3 is 5.32 Å². The fourth-order valence-corrected chi connectivity index (χ4v) is 4.16. The molecule has 1 aromatic rings. The fraction of sp³-hybridized carbons (Fsp3) is 0.533. The molecule has 1 aliphatic carbocycles. The topological polar surface area (TPSA) is 29.1 Å². The van der Waals surface area contributed by atoms with E-state index in [0.29, 0.717) is 5.75 Å². The third-order valence-electron chi connectivity index (χ3n) is 3.19. The first-order valence-electron chi connectivity index (χ1n) is 6.91. The molecule has 1 amide bonds. The van der Waals surface area contributed by atoms with Crippen LogP contribution >= 0.6 is 23.5 Å². The van der Waals surface area contributed by atoms with E-state index in [0.717, 1.165) is 22.4 Å². The van der Waals surface area contributed by atoms with Gasteiger partial charge in [-0.1, -0.05) is 31.0 Å². The number of carbonyl (C=O) groups excluding carboxylic acids is 1. The van der Waals surface area contributed by atoms with Crippen LogP contribution in [0.2, 0.25) is 0 Å². The predicted octanol–water partition coefficient (Wildman–Crippen LogP) is 3.57. The van der Waals surface area contributed by atoms with Gasteiger partial charge in [-0.05, 0) is 25.0 Å². The van der Waals surface area contributed by atoms with Crippen molar-refractivity contribution in [3.8, 4) is 0 Å². The highest BCUT2D eigenvalue weighted by molar-refractivity contribution is 8.00. The van der Waals surface area contributed by atoms with Crippen LogP contribution in [0.5, 0.6) is 0 Å². The molecule has 0 unspecified atom stereocenters. The second-order valence-electron chi connectivity index (χ2n) is 4.73. The Morgan fingerprint density at radius 2 is 1.95 bits per heavy atom. The molecule has 0 spiro atoms. The van der Waals surface area contributed by atoms with Gasteiger partial charge in [0.1, 0.15) is 0 Å². The molecule has 1 aliphatic rings. The first-order chi connectivity index (χ1) is 9.34. The highest BCUT2D eigenvalue weighted by atomic mass is 32.2. The minimum absolute atomic E-state index is 0.140. The van der Waals surface area contributed by atoms with Crippen molar-refractivity contribution < 1.29 is 4.79 Å². The van der Waals surface area contributed by atoms with E-state index in [-0.39, 0.29) is 5.91 Å². The molecule has 2 rings (SSSR count). The molecule has 0 saturated heterocycles. The molecule has 19 heavy (non-hydrogen) atoms. The monoisotopic (exact) mass is 295 g/mol. The van der Waals surface area contributed by atoms with Crippen LogP contribution in [0.4, 0.5) is 0 Å². The molecular formula is C15H21NOS2. The Kier molecular flexibility index (Phi) is 6.65. The molecule has 0 aromatic heterocycles. The average molecular weight is 295 g/mol. The summed E-state index contributed by atoms with van der Waals surface area (Å²) in [4.78, 5) is 12.8. The van der Waals surface area contributed by atoms with E-state index in [1.54, 1.807) is 11.8 Å². The van der Waals surface area contributed by atoms with Crippen molar-refractivity contribution in [3.05, 3.63) is 30.3 Å². The van der Waals surface area contributed by atoms with Crippen LogP contribution in [-0.4, -0.2) is 29.2 Å². The quantitative estimate of drug-likeness (QED) is 0.616. The first kappa shape index (κ1) is 14.8. The molecular weight excluding hydrogens is 274 g/mol. The molecule has 0 aliphatic heterocycles. The molecule has 1 N–H and O–H groups in total. The first-order valence-corrected chi connectivity index (χ1v) is 8.94. The predicted molar refractivity (Wildman–Crippen MR) is 84.9 cm³/mol. The lowest BCUT2D eigenvalue weighted by Gasteiger charge is -2.09. The van der Waals surface area contributed by atoms with Crippen molar-refractivity contribution in [2.45, 2.75) is 35.8 Å². The minimum atomic E-state index is 0.140. The van der Waals surface area contributed by atoms with Crippen LogP contribution in [0.3, 0.4) is 0 Å². The van der Waals surface area contributed by atoms with E-state index in [9.17, 15) is 4.79 Å². The maximum Gasteiger partial charge on any atom is 0.230 e. The number of amides is 1. The van der Waals surface area contributed by atoms with E-state index >= 15 is 0 Å². The lowest BCUT2D eigenvalue weighted by molar-refractivity contribution is -0.118. The summed E-state index contributed by atoms with van der Waals surface area (Å²) in [5.41, 5.74) is 0. The Morgan fingerprint density at radius 1 is 1.21 bits per heavy atom. The summed E-state index contributed by atoms with van der Waals surface area (Å²) in [6, 6.07) is 10.1. The SMILES string of the molecule is O=C(CSc1ccccc1)NCCSC1CCCC1. The molecule has 1 aromatic carbocycles. The molecule has 1 saturated carbocycles. The summed E-state index contributed by atoms with van der Waals surface area (Å²) in [6.07, 6.45) is 5.50. The van der Waals surface area contributed by atoms with E-state index in [2.05, 4.69) is 5.32 Å². The van der Waals surface area contributed by atoms with Crippen LogP contribution in [0.25, 0.3) is 0 Å². The Balaban J connectivity index is 1.52. The molecule has 0 radical (unpaired) electrons. The van der Waals surface area contributed by atoms with E-state index in [4.69, 9.17) is 0 Å². The third-order valence-corrected chi connectivity index (χ3v) is 5.59. The minimum Gasteiger partial charge on any atom is -0.355 e. The van der Waals surface area contributed by atoms with Gasteiger partial charge in [-0.15, -0.1) is 11.8 Å². The number of nitrogens with one attached hydrogen (secondary N) is 1. The van der Waals surface area contributed by atoms with Gasteiger partial charge >= 0.3 is 0 Å². The molecule has 1 fully saturated rings. The molecule has 0 bridgehead atoms. The van der Waals surface area contributed by atoms with E-state index in [1.165, 1.54) is 25.7 Å². The number of thioether (sulfide) groups is 2. The van der Waals surface area contributed by atoms with Crippen molar-refractivity contribution in [1.29, 1.82) is 0 Å². The van der Waals surface area contributed by atoms with Crippen LogP contribution in [-0.2, 0) is 4.79 Å². The highest BCUT2D eigenvalue weighted by Crippen LogP contribution is 2.28. The fourth-order valence-electron chi connectivity index (χ4n) is 2.19. The molecule has 0 atom stereocenters. The van der Waals surface area contributed by atoms with Gasteiger partial charge in [-0.25, -0.2) is 0 Å². The summed E-state index contributed by atoms with van der Waals surface area (Å²) in [7, 11) is 0. The van der Waals surface area contributed by atoms with Crippen LogP contribution in [0.1, 0.15) is 25.7 Å². The largest absolute Gasteiger partial charge is 0.355 e. The molecule has 104 valence electrons. The maximum atomic E-state index is 11.7. The third kappa shape index (κ3) is 5.91. The summed E-state index contributed by atoms with van der Waals surface area (Å²) in [5.74, 6) is 1.70. The second-order valence-corrected chi connectivity index (χ2v) is 7.19. The zero-order valence-corrected chi connectivity index (χ0v) is 12.8. The average Bonchev–Trinajstić information content (AvgIpc) is 2.96. The van der Waals surface area contributed by atoms with E-state index < -0.39 is 0 Å². The van der Waals surface area contributed by atoms with Crippen molar-refractivity contribution in [2.75, 3.05) is 18.1 Å².